The molecule has 3 rings (SSSR count). The fraction of sp³-hybridized carbons (Fsp3) is 0.286. The van der Waals surface area contributed by atoms with Gasteiger partial charge >= 0.3 is 0 Å². The van der Waals surface area contributed by atoms with Gasteiger partial charge in [-0.15, -0.1) is 0 Å². The van der Waals surface area contributed by atoms with Crippen molar-refractivity contribution in [1.82, 2.24) is 10.2 Å². The van der Waals surface area contributed by atoms with Crippen LogP contribution in [0.4, 0.5) is 5.69 Å². The molecule has 0 aliphatic carbocycles. The number of anilines is 1. The van der Waals surface area contributed by atoms with Crippen LogP contribution in [0.5, 0.6) is 0 Å². The summed E-state index contributed by atoms with van der Waals surface area (Å²) in [5.41, 5.74) is 0.995. The highest BCUT2D eigenvalue weighted by molar-refractivity contribution is 7.92. The Balaban J connectivity index is 2.03. The molecule has 10 heteroatoms. The van der Waals surface area contributed by atoms with Gasteiger partial charge < -0.3 is 10.2 Å². The van der Waals surface area contributed by atoms with Crippen LogP contribution >= 0.6 is 23.2 Å². The molecule has 0 radical (unpaired) electrons. The summed E-state index contributed by atoms with van der Waals surface area (Å²) in [5.74, 6) is -0.824. The molecule has 0 aliphatic heterocycles. The summed E-state index contributed by atoms with van der Waals surface area (Å²) >= 11 is 12.2. The molecule has 3 aromatic rings. The lowest BCUT2D eigenvalue weighted by atomic mass is 10.1. The Hall–Kier alpha value is -3.07. The second kappa shape index (κ2) is 13.6. The molecule has 1 N–H and O–H groups in total. The molecule has 3 aromatic carbocycles. The summed E-state index contributed by atoms with van der Waals surface area (Å²) < 4.78 is 28.5. The molecule has 0 spiro atoms. The van der Waals surface area contributed by atoms with Gasteiger partial charge in [-0.2, -0.15) is 0 Å². The number of amides is 2. The molecule has 0 fully saturated rings. The maximum atomic E-state index is 13.9. The van der Waals surface area contributed by atoms with Crippen molar-refractivity contribution >= 4 is 50.7 Å². The molecule has 0 bridgehead atoms. The Morgan fingerprint density at radius 3 is 2.18 bits per heavy atom. The molecule has 202 valence electrons. The van der Waals surface area contributed by atoms with Crippen molar-refractivity contribution in [1.29, 1.82) is 0 Å². The smallest absolute Gasteiger partial charge is 0.264 e. The van der Waals surface area contributed by atoms with Crippen molar-refractivity contribution in [2.45, 2.75) is 44.2 Å². The van der Waals surface area contributed by atoms with E-state index in [0.29, 0.717) is 23.0 Å². The third-order valence-electron chi connectivity index (χ3n) is 5.91. The zero-order valence-corrected chi connectivity index (χ0v) is 23.6. The zero-order valence-electron chi connectivity index (χ0n) is 21.3. The predicted molar refractivity (Wildman–Crippen MR) is 152 cm³/mol. The average Bonchev–Trinajstić information content (AvgIpc) is 2.91. The van der Waals surface area contributed by atoms with E-state index in [2.05, 4.69) is 5.32 Å². The maximum absolute atomic E-state index is 13.9. The van der Waals surface area contributed by atoms with Crippen LogP contribution in [-0.2, 0) is 26.2 Å². The molecule has 1 atom stereocenters. The number of hydrogen-bond donors (Lipinski definition) is 1. The lowest BCUT2D eigenvalue weighted by Gasteiger charge is -2.33. The van der Waals surface area contributed by atoms with Gasteiger partial charge in [-0.25, -0.2) is 8.42 Å². The van der Waals surface area contributed by atoms with Crippen molar-refractivity contribution < 1.29 is 18.0 Å². The Morgan fingerprint density at radius 2 is 1.58 bits per heavy atom. The highest BCUT2D eigenvalue weighted by Gasteiger charge is 2.33. The quantitative estimate of drug-likeness (QED) is 0.308. The van der Waals surface area contributed by atoms with E-state index >= 15 is 0 Å². The van der Waals surface area contributed by atoms with Crippen LogP contribution in [0, 0.1) is 0 Å². The Bertz CT molecular complexity index is 1340. The first-order chi connectivity index (χ1) is 18.2. The van der Waals surface area contributed by atoms with Crippen LogP contribution in [0.3, 0.4) is 0 Å². The number of halogens is 2. The first-order valence-corrected chi connectivity index (χ1v) is 14.5. The first kappa shape index (κ1) is 29.5. The molecule has 0 saturated heterocycles. The molecular formula is C28H31Cl2N3O4S. The van der Waals surface area contributed by atoms with Crippen molar-refractivity contribution in [3.05, 3.63) is 94.5 Å². The number of carbonyl (C=O) groups is 2. The zero-order chi connectivity index (χ0) is 27.7. The lowest BCUT2D eigenvalue weighted by Crippen LogP contribution is -2.52. The first-order valence-electron chi connectivity index (χ1n) is 12.3. The highest BCUT2D eigenvalue weighted by Crippen LogP contribution is 2.27. The van der Waals surface area contributed by atoms with Crippen LogP contribution in [0.1, 0.15) is 32.3 Å². The summed E-state index contributed by atoms with van der Waals surface area (Å²) in [6.45, 7) is 3.80. The number of rotatable bonds is 12. The van der Waals surface area contributed by atoms with E-state index in [1.165, 1.54) is 23.1 Å². The average molecular weight is 577 g/mol. The molecule has 0 aliphatic rings. The number of hydrogen-bond acceptors (Lipinski definition) is 4. The van der Waals surface area contributed by atoms with Crippen LogP contribution in [0.25, 0.3) is 0 Å². The summed E-state index contributed by atoms with van der Waals surface area (Å²) in [6, 6.07) is 20.3. The van der Waals surface area contributed by atoms with Gasteiger partial charge in [0.15, 0.2) is 0 Å². The Morgan fingerprint density at radius 1 is 0.895 bits per heavy atom. The van der Waals surface area contributed by atoms with Gasteiger partial charge in [0.2, 0.25) is 11.8 Å². The molecule has 0 aromatic heterocycles. The number of carbonyl (C=O) groups excluding carboxylic acids is 2. The molecule has 0 unspecified atom stereocenters. The fourth-order valence-electron chi connectivity index (χ4n) is 3.95. The molecule has 0 saturated carbocycles. The van der Waals surface area contributed by atoms with Gasteiger partial charge in [-0.1, -0.05) is 73.4 Å². The van der Waals surface area contributed by atoms with E-state index in [1.807, 2.05) is 13.8 Å². The van der Waals surface area contributed by atoms with E-state index in [9.17, 15) is 18.0 Å². The number of nitrogens with one attached hydrogen (secondary N) is 1. The predicted octanol–water partition coefficient (Wildman–Crippen LogP) is 5.52. The Labute approximate surface area is 234 Å². The number of sulfonamides is 1. The topological polar surface area (TPSA) is 86.8 Å². The second-order valence-corrected chi connectivity index (χ2v) is 11.4. The molecule has 38 heavy (non-hydrogen) atoms. The minimum atomic E-state index is -4.14. The lowest BCUT2D eigenvalue weighted by molar-refractivity contribution is -0.140. The van der Waals surface area contributed by atoms with Crippen molar-refractivity contribution in [3.63, 3.8) is 0 Å². The van der Waals surface area contributed by atoms with Gasteiger partial charge in [0.05, 0.1) is 10.6 Å². The number of nitrogens with zero attached hydrogens (tertiary/aromatic N) is 2. The summed E-state index contributed by atoms with van der Waals surface area (Å²) in [5, 5.41) is 3.73. The third-order valence-corrected chi connectivity index (χ3v) is 8.18. The van der Waals surface area contributed by atoms with Crippen LogP contribution in [0.15, 0.2) is 83.8 Å². The molecule has 7 nitrogen and oxygen atoms in total. The summed E-state index contributed by atoms with van der Waals surface area (Å²) in [6.07, 6.45) is 1.09. The molecule has 2 amide bonds. The fourth-order valence-corrected chi connectivity index (χ4v) is 5.69. The van der Waals surface area contributed by atoms with Crippen molar-refractivity contribution in [2.24, 2.45) is 0 Å². The maximum Gasteiger partial charge on any atom is 0.264 e. The largest absolute Gasteiger partial charge is 0.354 e. The van der Waals surface area contributed by atoms with Crippen LogP contribution in [-0.4, -0.2) is 44.3 Å². The van der Waals surface area contributed by atoms with Crippen molar-refractivity contribution in [2.75, 3.05) is 17.4 Å². The van der Waals surface area contributed by atoms with Crippen LogP contribution in [0.2, 0.25) is 10.0 Å². The molecule has 0 heterocycles. The highest BCUT2D eigenvalue weighted by atomic mass is 35.5. The number of benzene rings is 3. The van der Waals surface area contributed by atoms with E-state index in [1.54, 1.807) is 60.7 Å². The minimum absolute atomic E-state index is 0.0322. The minimum Gasteiger partial charge on any atom is -0.354 e. The standard InChI is InChI=1S/C28H31Cl2N3O4S/c1-3-17-31-28(35)26(4-2)32(19-21-13-15-22(29)16-14-21)27(34)20-33(24-10-8-9-23(30)18-24)38(36,37)25-11-6-5-7-12-25/h5-16,18,26H,3-4,17,19-20H2,1-2H3,(H,31,35)/t26-/m1/s1. The van der Waals surface area contributed by atoms with E-state index in [0.717, 1.165) is 16.3 Å². The van der Waals surface area contributed by atoms with Gasteiger partial charge in [-0.3, -0.25) is 13.9 Å². The van der Waals surface area contributed by atoms with Gasteiger partial charge in [0.1, 0.15) is 12.6 Å². The second-order valence-electron chi connectivity index (χ2n) is 8.67. The third kappa shape index (κ3) is 7.49. The van der Waals surface area contributed by atoms with Crippen LogP contribution < -0.4 is 9.62 Å². The van der Waals surface area contributed by atoms with Gasteiger partial charge in [0, 0.05) is 23.1 Å². The SMILES string of the molecule is CCCNC(=O)[C@@H](CC)N(Cc1ccc(Cl)cc1)C(=O)CN(c1cccc(Cl)c1)S(=O)(=O)c1ccccc1. The van der Waals surface area contributed by atoms with Gasteiger partial charge in [0.25, 0.3) is 10.0 Å². The van der Waals surface area contributed by atoms with Crippen molar-refractivity contribution in [3.8, 4) is 0 Å². The monoisotopic (exact) mass is 575 g/mol. The molecular weight excluding hydrogens is 545 g/mol. The Kier molecular flexibility index (Phi) is 10.6. The summed E-state index contributed by atoms with van der Waals surface area (Å²) in [7, 11) is -4.14. The summed E-state index contributed by atoms with van der Waals surface area (Å²) in [4.78, 5) is 28.4. The van der Waals surface area contributed by atoms with Gasteiger partial charge in [-0.05, 0) is 60.9 Å². The van der Waals surface area contributed by atoms with E-state index in [4.69, 9.17) is 23.2 Å². The van der Waals surface area contributed by atoms with E-state index in [-0.39, 0.29) is 23.0 Å². The van der Waals surface area contributed by atoms with E-state index < -0.39 is 28.5 Å². The normalized spacial score (nSPS) is 12.0.